The van der Waals surface area contributed by atoms with Crippen LogP contribution in [0.3, 0.4) is 0 Å². The van der Waals surface area contributed by atoms with E-state index < -0.39 is 11.1 Å². The second-order valence-electron chi connectivity index (χ2n) is 10.5. The highest BCUT2D eigenvalue weighted by atomic mass is 16.5. The van der Waals surface area contributed by atoms with Crippen LogP contribution in [-0.2, 0) is 16.0 Å². The summed E-state index contributed by atoms with van der Waals surface area (Å²) in [6, 6.07) is 8.43. The lowest BCUT2D eigenvalue weighted by atomic mass is 9.76. The van der Waals surface area contributed by atoms with E-state index in [4.69, 9.17) is 4.74 Å². The molecule has 0 bridgehead atoms. The number of piperazine rings is 1. The number of piperidine rings is 1. The van der Waals surface area contributed by atoms with Crippen LogP contribution in [-0.4, -0.2) is 65.5 Å². The maximum Gasteiger partial charge on any atom is 0.249 e. The third kappa shape index (κ3) is 4.77. The molecule has 0 aromatic heterocycles. The number of nitrogens with one attached hydrogen (secondary N) is 1. The maximum absolute atomic E-state index is 14.0. The summed E-state index contributed by atoms with van der Waals surface area (Å²) < 4.78 is 5.26. The molecule has 6 nitrogen and oxygen atoms in total. The van der Waals surface area contributed by atoms with Gasteiger partial charge in [0.2, 0.25) is 11.8 Å². The number of hydrogen-bond donors (Lipinski definition) is 1. The molecule has 0 radical (unpaired) electrons. The zero-order chi connectivity index (χ0) is 23.5. The van der Waals surface area contributed by atoms with E-state index in [1.165, 1.54) is 32.1 Å². The van der Waals surface area contributed by atoms with Crippen LogP contribution in [0.2, 0.25) is 0 Å². The monoisotopic (exact) mass is 455 g/mol. The molecule has 33 heavy (non-hydrogen) atoms. The summed E-state index contributed by atoms with van der Waals surface area (Å²) in [6.45, 7) is 6.50. The van der Waals surface area contributed by atoms with Crippen molar-refractivity contribution in [3.8, 4) is 5.75 Å². The molecule has 3 aliphatic rings. The molecule has 4 rings (SSSR count). The van der Waals surface area contributed by atoms with Gasteiger partial charge in [0.05, 0.1) is 7.11 Å². The molecule has 2 amide bonds. The first-order chi connectivity index (χ1) is 15.9. The van der Waals surface area contributed by atoms with E-state index in [9.17, 15) is 9.59 Å². The second-order valence-corrected chi connectivity index (χ2v) is 10.5. The Morgan fingerprint density at radius 1 is 1.06 bits per heavy atom. The lowest BCUT2D eigenvalue weighted by molar-refractivity contribution is -0.166. The van der Waals surface area contributed by atoms with Crippen molar-refractivity contribution < 1.29 is 14.3 Å². The number of ether oxygens (including phenoxy) is 1. The van der Waals surface area contributed by atoms with Gasteiger partial charge in [-0.2, -0.15) is 0 Å². The molecule has 1 aliphatic carbocycles. The first-order valence-electron chi connectivity index (χ1n) is 12.9. The summed E-state index contributed by atoms with van der Waals surface area (Å²) in [6.07, 6.45) is 10.4. The smallest absolute Gasteiger partial charge is 0.249 e. The van der Waals surface area contributed by atoms with E-state index in [-0.39, 0.29) is 11.8 Å². The minimum Gasteiger partial charge on any atom is -0.497 e. The lowest BCUT2D eigenvalue weighted by Crippen LogP contribution is -2.77. The van der Waals surface area contributed by atoms with E-state index in [0.29, 0.717) is 19.0 Å². The molecule has 182 valence electrons. The summed E-state index contributed by atoms with van der Waals surface area (Å²) >= 11 is 0. The molecule has 1 atom stereocenters. The molecular weight excluding hydrogens is 414 g/mol. The molecule has 2 aliphatic heterocycles. The fourth-order valence-corrected chi connectivity index (χ4v) is 6.14. The first kappa shape index (κ1) is 24.1. The molecule has 2 heterocycles. The van der Waals surface area contributed by atoms with E-state index in [2.05, 4.69) is 17.1 Å². The predicted octanol–water partition coefficient (Wildman–Crippen LogP) is 3.92. The number of hydrogen-bond acceptors (Lipinski definition) is 4. The van der Waals surface area contributed by atoms with Gasteiger partial charge in [0.15, 0.2) is 0 Å². The van der Waals surface area contributed by atoms with Gasteiger partial charge in [-0.05, 0) is 56.7 Å². The van der Waals surface area contributed by atoms with Crippen LogP contribution in [0, 0.1) is 0 Å². The van der Waals surface area contributed by atoms with Crippen molar-refractivity contribution in [2.45, 2.75) is 95.2 Å². The Balaban J connectivity index is 1.53. The Hall–Kier alpha value is -2.08. The van der Waals surface area contributed by atoms with Gasteiger partial charge in [0.1, 0.15) is 16.8 Å². The molecule has 3 fully saturated rings. The summed E-state index contributed by atoms with van der Waals surface area (Å²) in [5.41, 5.74) is -0.604. The van der Waals surface area contributed by atoms with E-state index in [1.54, 1.807) is 7.11 Å². The molecule has 6 heteroatoms. The number of nitrogens with zero attached hydrogens (tertiary/aromatic N) is 2. The van der Waals surface area contributed by atoms with Gasteiger partial charge in [-0.15, -0.1) is 0 Å². The molecule has 0 unspecified atom stereocenters. The molecule has 1 N–H and O–H groups in total. The van der Waals surface area contributed by atoms with Gasteiger partial charge in [-0.1, -0.05) is 44.7 Å². The summed E-state index contributed by atoms with van der Waals surface area (Å²) in [5, 5.41) is 3.20. The number of benzene rings is 1. The normalized spacial score (nSPS) is 26.5. The van der Waals surface area contributed by atoms with Gasteiger partial charge in [0, 0.05) is 32.1 Å². The predicted molar refractivity (Wildman–Crippen MR) is 130 cm³/mol. The average Bonchev–Trinajstić information content (AvgIpc) is 2.84. The van der Waals surface area contributed by atoms with Crippen molar-refractivity contribution in [2.75, 3.05) is 26.7 Å². The Morgan fingerprint density at radius 3 is 2.33 bits per heavy atom. The zero-order valence-electron chi connectivity index (χ0n) is 20.7. The largest absolute Gasteiger partial charge is 0.497 e. The Bertz CT molecular complexity index is 826. The van der Waals surface area contributed by atoms with Crippen LogP contribution >= 0.6 is 0 Å². The highest BCUT2D eigenvalue weighted by molar-refractivity contribution is 6.02. The standard InChI is InChI=1S/C27H41N3O3/c1-4-5-17-30-25(32)26(2,20-21-11-13-23(33-3)14-12-21)28-24(31)27(30)15-18-29(19-16-27)22-9-7-6-8-10-22/h11-14,22H,4-10,15-20H2,1-3H3,(H,28,31)/t26-/m0/s1. The van der Waals surface area contributed by atoms with Crippen LogP contribution in [0.1, 0.15) is 77.2 Å². The van der Waals surface area contributed by atoms with Gasteiger partial charge in [-0.3, -0.25) is 9.59 Å². The number of carbonyl (C=O) groups excluding carboxylic acids is 2. The molecule has 2 saturated heterocycles. The quantitative estimate of drug-likeness (QED) is 0.677. The number of likely N-dealkylation sites (tertiary alicyclic amines) is 1. The molecule has 1 spiro atoms. The van der Waals surface area contributed by atoms with Gasteiger partial charge in [0.25, 0.3) is 0 Å². The minimum absolute atomic E-state index is 0.0394. The Kier molecular flexibility index (Phi) is 7.32. The number of rotatable bonds is 7. The third-order valence-corrected chi connectivity index (χ3v) is 8.21. The van der Waals surface area contributed by atoms with Gasteiger partial charge >= 0.3 is 0 Å². The van der Waals surface area contributed by atoms with Crippen LogP contribution in [0.25, 0.3) is 0 Å². The van der Waals surface area contributed by atoms with Gasteiger partial charge < -0.3 is 19.9 Å². The summed E-state index contributed by atoms with van der Waals surface area (Å²) in [5.74, 6) is 0.895. The van der Waals surface area contributed by atoms with Crippen molar-refractivity contribution in [1.29, 1.82) is 0 Å². The fourth-order valence-electron chi connectivity index (χ4n) is 6.14. The highest BCUT2D eigenvalue weighted by Crippen LogP contribution is 2.38. The highest BCUT2D eigenvalue weighted by Gasteiger charge is 2.57. The van der Waals surface area contributed by atoms with Crippen LogP contribution in [0.5, 0.6) is 5.75 Å². The third-order valence-electron chi connectivity index (χ3n) is 8.21. The lowest BCUT2D eigenvalue weighted by Gasteiger charge is -2.55. The number of carbonyl (C=O) groups is 2. The van der Waals surface area contributed by atoms with Crippen molar-refractivity contribution in [1.82, 2.24) is 15.1 Å². The Morgan fingerprint density at radius 2 is 1.73 bits per heavy atom. The number of amides is 2. The zero-order valence-corrected chi connectivity index (χ0v) is 20.7. The summed E-state index contributed by atoms with van der Waals surface area (Å²) in [4.78, 5) is 32.2. The molecule has 1 saturated carbocycles. The SMILES string of the molecule is CCCCN1C(=O)[C@](C)(Cc2ccc(OC)cc2)NC(=O)C12CCN(C1CCCCC1)CC2. The van der Waals surface area contributed by atoms with Crippen LogP contribution < -0.4 is 10.1 Å². The van der Waals surface area contributed by atoms with Crippen LogP contribution in [0.15, 0.2) is 24.3 Å². The molecule has 1 aromatic carbocycles. The van der Waals surface area contributed by atoms with E-state index in [0.717, 1.165) is 50.1 Å². The second kappa shape index (κ2) is 10.0. The molecular formula is C27H41N3O3. The van der Waals surface area contributed by atoms with Crippen molar-refractivity contribution in [3.63, 3.8) is 0 Å². The van der Waals surface area contributed by atoms with E-state index >= 15 is 0 Å². The van der Waals surface area contributed by atoms with E-state index in [1.807, 2.05) is 36.1 Å². The van der Waals surface area contributed by atoms with Crippen LogP contribution in [0.4, 0.5) is 0 Å². The topological polar surface area (TPSA) is 61.9 Å². The Labute approximate surface area is 199 Å². The van der Waals surface area contributed by atoms with Crippen molar-refractivity contribution >= 4 is 11.8 Å². The minimum atomic E-state index is -0.925. The first-order valence-corrected chi connectivity index (χ1v) is 12.9. The average molecular weight is 456 g/mol. The van der Waals surface area contributed by atoms with Gasteiger partial charge in [-0.25, -0.2) is 0 Å². The summed E-state index contributed by atoms with van der Waals surface area (Å²) in [7, 11) is 1.64. The fraction of sp³-hybridized carbons (Fsp3) is 0.704. The maximum atomic E-state index is 14.0. The molecule has 1 aromatic rings. The van der Waals surface area contributed by atoms with Crippen molar-refractivity contribution in [3.05, 3.63) is 29.8 Å². The number of methoxy groups -OCH3 is 1. The number of unbranched alkanes of at least 4 members (excludes halogenated alkanes) is 1. The van der Waals surface area contributed by atoms with Crippen molar-refractivity contribution in [2.24, 2.45) is 0 Å².